The first-order chi connectivity index (χ1) is 5.25. The third-order valence-electron chi connectivity index (χ3n) is 2.32. The molecule has 1 N–H and O–H groups in total. The van der Waals surface area contributed by atoms with E-state index in [0.29, 0.717) is 0 Å². The molecule has 1 heterocycles. The third-order valence-corrected chi connectivity index (χ3v) is 2.32. The van der Waals surface area contributed by atoms with Crippen LogP contribution in [-0.4, -0.2) is 38.4 Å². The van der Waals surface area contributed by atoms with Crippen LogP contribution in [0.2, 0.25) is 0 Å². The van der Waals surface area contributed by atoms with Gasteiger partial charge >= 0.3 is 0 Å². The molecule has 0 aromatic rings. The van der Waals surface area contributed by atoms with Gasteiger partial charge in [0.15, 0.2) is 0 Å². The van der Waals surface area contributed by atoms with Gasteiger partial charge in [-0.2, -0.15) is 0 Å². The molecule has 1 atom stereocenters. The van der Waals surface area contributed by atoms with E-state index >= 15 is 0 Å². The minimum Gasteiger partial charge on any atom is -0.405 e. The molecule has 0 aromatic carbocycles. The Morgan fingerprint density at radius 3 is 2.91 bits per heavy atom. The molecule has 0 spiro atoms. The third kappa shape index (κ3) is 1.96. The molecule has 1 fully saturated rings. The number of likely N-dealkylation sites (tertiary alicyclic amines) is 1. The van der Waals surface area contributed by atoms with Gasteiger partial charge in [0.05, 0.1) is 6.04 Å². The molecular formula is C7H15BN2O. The molecule has 1 saturated heterocycles. The van der Waals surface area contributed by atoms with Crippen molar-refractivity contribution < 1.29 is 4.79 Å². The van der Waals surface area contributed by atoms with Crippen molar-refractivity contribution in [3.63, 3.8) is 0 Å². The largest absolute Gasteiger partial charge is 0.405 e. The molecule has 0 bridgehead atoms. The van der Waals surface area contributed by atoms with Gasteiger partial charge in [-0.15, -0.1) is 0 Å². The SMILES string of the molecule is BNC(=O)C1CCCCN1C. The van der Waals surface area contributed by atoms with E-state index in [2.05, 4.69) is 10.1 Å². The molecule has 1 amide bonds. The van der Waals surface area contributed by atoms with Gasteiger partial charge in [0.1, 0.15) is 0 Å². The number of carbonyl (C=O) groups excluding carboxylic acids is 1. The van der Waals surface area contributed by atoms with Crippen molar-refractivity contribution in [2.45, 2.75) is 25.3 Å². The van der Waals surface area contributed by atoms with Crippen molar-refractivity contribution in [3.05, 3.63) is 0 Å². The van der Waals surface area contributed by atoms with Gasteiger partial charge in [-0.25, -0.2) is 0 Å². The number of nitrogens with one attached hydrogen (secondary N) is 1. The lowest BCUT2D eigenvalue weighted by Crippen LogP contribution is -2.46. The lowest BCUT2D eigenvalue weighted by atomic mass is 10.0. The Bertz CT molecular complexity index is 151. The maximum Gasteiger partial charge on any atom is 0.224 e. The van der Waals surface area contributed by atoms with Gasteiger partial charge in [0.25, 0.3) is 0 Å². The fraction of sp³-hybridized carbons (Fsp3) is 0.857. The maximum atomic E-state index is 11.2. The number of rotatable bonds is 1. The fourth-order valence-electron chi connectivity index (χ4n) is 1.57. The molecule has 4 heteroatoms. The first-order valence-corrected chi connectivity index (χ1v) is 4.17. The van der Waals surface area contributed by atoms with Crippen molar-refractivity contribution in [3.8, 4) is 0 Å². The van der Waals surface area contributed by atoms with Crippen LogP contribution in [0.25, 0.3) is 0 Å². The van der Waals surface area contributed by atoms with E-state index in [1.165, 1.54) is 12.8 Å². The summed E-state index contributed by atoms with van der Waals surface area (Å²) in [6.45, 7) is 1.05. The van der Waals surface area contributed by atoms with Crippen LogP contribution >= 0.6 is 0 Å². The first-order valence-electron chi connectivity index (χ1n) is 4.17. The van der Waals surface area contributed by atoms with Crippen LogP contribution in [-0.2, 0) is 4.79 Å². The summed E-state index contributed by atoms with van der Waals surface area (Å²) < 4.78 is 0. The molecule has 62 valence electrons. The molecule has 0 aliphatic carbocycles. The first kappa shape index (κ1) is 8.59. The molecular weight excluding hydrogens is 139 g/mol. The Labute approximate surface area is 68.6 Å². The lowest BCUT2D eigenvalue weighted by Gasteiger charge is -2.30. The van der Waals surface area contributed by atoms with E-state index < -0.39 is 0 Å². The summed E-state index contributed by atoms with van der Waals surface area (Å²) in [5.74, 6) is 0.159. The second-order valence-electron chi connectivity index (χ2n) is 3.11. The molecule has 1 unspecified atom stereocenters. The highest BCUT2D eigenvalue weighted by molar-refractivity contribution is 6.15. The summed E-state index contributed by atoms with van der Waals surface area (Å²) in [5, 5.41) is 2.68. The summed E-state index contributed by atoms with van der Waals surface area (Å²) in [5.41, 5.74) is 0. The minimum atomic E-state index is 0.119. The maximum absolute atomic E-state index is 11.2. The number of piperidine rings is 1. The zero-order valence-electron chi connectivity index (χ0n) is 7.26. The van der Waals surface area contributed by atoms with E-state index in [4.69, 9.17) is 0 Å². The Balaban J connectivity index is 2.47. The van der Waals surface area contributed by atoms with Crippen LogP contribution in [0.15, 0.2) is 0 Å². The Kier molecular flexibility index (Phi) is 2.94. The number of hydrogen-bond acceptors (Lipinski definition) is 2. The van der Waals surface area contributed by atoms with E-state index in [9.17, 15) is 4.79 Å². The second-order valence-corrected chi connectivity index (χ2v) is 3.11. The zero-order valence-corrected chi connectivity index (χ0v) is 7.26. The molecule has 3 nitrogen and oxygen atoms in total. The predicted octanol–water partition coefficient (Wildman–Crippen LogP) is -0.865. The van der Waals surface area contributed by atoms with E-state index in [-0.39, 0.29) is 11.9 Å². The fourth-order valence-corrected chi connectivity index (χ4v) is 1.57. The van der Waals surface area contributed by atoms with Gasteiger partial charge in [-0.3, -0.25) is 9.69 Å². The molecule has 0 aromatic heterocycles. The van der Waals surface area contributed by atoms with Crippen LogP contribution in [0, 0.1) is 0 Å². The normalized spacial score (nSPS) is 26.5. The summed E-state index contributed by atoms with van der Waals surface area (Å²) in [6.07, 6.45) is 3.42. The standard InChI is InChI=1S/C7H15BN2O/c1-10-5-3-2-4-6(10)7(11)9-8/h6H,2-5,8H2,1H3,(H,9,11). The Morgan fingerprint density at radius 1 is 1.64 bits per heavy atom. The van der Waals surface area contributed by atoms with Crippen LogP contribution in [0.1, 0.15) is 19.3 Å². The second kappa shape index (κ2) is 3.76. The van der Waals surface area contributed by atoms with Crippen LogP contribution < -0.4 is 5.23 Å². The van der Waals surface area contributed by atoms with Crippen LogP contribution in [0.3, 0.4) is 0 Å². The number of likely N-dealkylation sites (N-methyl/N-ethyl adjacent to an activating group) is 1. The quantitative estimate of drug-likeness (QED) is 0.498. The van der Waals surface area contributed by atoms with Gasteiger partial charge < -0.3 is 5.23 Å². The number of carbonyl (C=O) groups is 1. The van der Waals surface area contributed by atoms with E-state index in [1.54, 1.807) is 7.98 Å². The van der Waals surface area contributed by atoms with Gasteiger partial charge in [-0.05, 0) is 26.4 Å². The Morgan fingerprint density at radius 2 is 2.36 bits per heavy atom. The van der Waals surface area contributed by atoms with Gasteiger partial charge in [-0.1, -0.05) is 6.42 Å². The summed E-state index contributed by atoms with van der Waals surface area (Å²) >= 11 is 0. The monoisotopic (exact) mass is 154 g/mol. The highest BCUT2D eigenvalue weighted by atomic mass is 16.2. The van der Waals surface area contributed by atoms with Crippen molar-refractivity contribution >= 4 is 13.9 Å². The van der Waals surface area contributed by atoms with Gasteiger partial charge in [0.2, 0.25) is 13.9 Å². The number of nitrogens with zero attached hydrogens (tertiary/aromatic N) is 1. The van der Waals surface area contributed by atoms with Crippen LogP contribution in [0.4, 0.5) is 0 Å². The summed E-state index contributed by atoms with van der Waals surface area (Å²) in [4.78, 5) is 13.4. The predicted molar refractivity (Wildman–Crippen MR) is 47.0 cm³/mol. The average Bonchev–Trinajstić information content (AvgIpc) is 2.04. The topological polar surface area (TPSA) is 32.3 Å². The van der Waals surface area contributed by atoms with E-state index in [1.807, 2.05) is 7.05 Å². The number of hydrogen-bond donors (Lipinski definition) is 1. The summed E-state index contributed by atoms with van der Waals surface area (Å²) in [6, 6.07) is 0.119. The van der Waals surface area contributed by atoms with Crippen molar-refractivity contribution in [2.24, 2.45) is 0 Å². The molecule has 1 aliphatic rings. The van der Waals surface area contributed by atoms with Crippen molar-refractivity contribution in [1.29, 1.82) is 0 Å². The van der Waals surface area contributed by atoms with E-state index in [0.717, 1.165) is 13.0 Å². The van der Waals surface area contributed by atoms with Gasteiger partial charge in [0, 0.05) is 0 Å². The highest BCUT2D eigenvalue weighted by Gasteiger charge is 2.24. The van der Waals surface area contributed by atoms with Crippen molar-refractivity contribution in [1.82, 2.24) is 10.1 Å². The van der Waals surface area contributed by atoms with Crippen LogP contribution in [0.5, 0.6) is 0 Å². The highest BCUT2D eigenvalue weighted by Crippen LogP contribution is 2.14. The molecule has 0 radical (unpaired) electrons. The Hall–Kier alpha value is -0.505. The lowest BCUT2D eigenvalue weighted by molar-refractivity contribution is -0.125. The average molecular weight is 154 g/mol. The minimum absolute atomic E-state index is 0.119. The molecule has 1 aliphatic heterocycles. The number of amides is 1. The van der Waals surface area contributed by atoms with Crippen molar-refractivity contribution in [2.75, 3.05) is 13.6 Å². The molecule has 11 heavy (non-hydrogen) atoms. The smallest absolute Gasteiger partial charge is 0.224 e. The molecule has 0 saturated carbocycles. The molecule has 1 rings (SSSR count). The summed E-state index contributed by atoms with van der Waals surface area (Å²) in [7, 11) is 3.71. The zero-order chi connectivity index (χ0) is 8.27.